The Kier molecular flexibility index (Phi) is 4.79. The average Bonchev–Trinajstić information content (AvgIpc) is 2.61. The number of nitrogens with zero attached hydrogens (tertiary/aromatic N) is 2. The van der Waals surface area contributed by atoms with E-state index >= 15 is 0 Å². The van der Waals surface area contributed by atoms with Crippen LogP contribution in [0.3, 0.4) is 0 Å². The van der Waals surface area contributed by atoms with Crippen LogP contribution in [0, 0.1) is 0 Å². The molecule has 1 amide bonds. The predicted octanol–water partition coefficient (Wildman–Crippen LogP) is 2.75. The topological polar surface area (TPSA) is 66.9 Å². The molecule has 1 aromatic heterocycles. The lowest BCUT2D eigenvalue weighted by Gasteiger charge is -2.08. The lowest BCUT2D eigenvalue weighted by molar-refractivity contribution is -0.121. The van der Waals surface area contributed by atoms with Crippen LogP contribution in [0.5, 0.6) is 0 Å². The Bertz CT molecular complexity index is 784. The number of carbonyl (C=O) groups is 1. The third-order valence-corrected chi connectivity index (χ3v) is 3.52. The molecule has 23 heavy (non-hydrogen) atoms. The van der Waals surface area contributed by atoms with Crippen molar-refractivity contribution >= 4 is 22.6 Å². The highest BCUT2D eigenvalue weighted by atomic mass is 16.1. The zero-order valence-electron chi connectivity index (χ0n) is 12.7. The molecule has 0 aliphatic carbocycles. The molecule has 0 spiro atoms. The second kappa shape index (κ2) is 7.35. The van der Waals surface area contributed by atoms with Gasteiger partial charge >= 0.3 is 0 Å². The molecule has 3 aromatic rings. The maximum absolute atomic E-state index is 11.9. The van der Waals surface area contributed by atoms with E-state index in [1.54, 1.807) is 0 Å². The van der Waals surface area contributed by atoms with Gasteiger partial charge in [0.05, 0.1) is 5.52 Å². The van der Waals surface area contributed by atoms with Crippen molar-refractivity contribution in [3.8, 4) is 0 Å². The van der Waals surface area contributed by atoms with Crippen molar-refractivity contribution in [3.63, 3.8) is 0 Å². The summed E-state index contributed by atoms with van der Waals surface area (Å²) in [5.41, 5.74) is 1.98. The van der Waals surface area contributed by atoms with Crippen LogP contribution >= 0.6 is 0 Å². The van der Waals surface area contributed by atoms with Crippen molar-refractivity contribution in [1.82, 2.24) is 15.3 Å². The summed E-state index contributed by atoms with van der Waals surface area (Å²) < 4.78 is 0. The zero-order chi connectivity index (χ0) is 15.9. The Labute approximate surface area is 134 Å². The second-order valence-electron chi connectivity index (χ2n) is 5.18. The molecule has 5 nitrogen and oxygen atoms in total. The van der Waals surface area contributed by atoms with E-state index in [2.05, 4.69) is 20.6 Å². The fourth-order valence-electron chi connectivity index (χ4n) is 2.33. The van der Waals surface area contributed by atoms with Gasteiger partial charge in [-0.1, -0.05) is 42.5 Å². The maximum atomic E-state index is 11.9. The van der Waals surface area contributed by atoms with Crippen molar-refractivity contribution in [3.05, 3.63) is 66.5 Å². The van der Waals surface area contributed by atoms with Crippen molar-refractivity contribution in [1.29, 1.82) is 0 Å². The molecule has 2 N–H and O–H groups in total. The first-order chi connectivity index (χ1) is 11.3. The minimum Gasteiger partial charge on any atom is -0.369 e. The van der Waals surface area contributed by atoms with Gasteiger partial charge in [0.15, 0.2) is 0 Å². The molecule has 0 fully saturated rings. The van der Waals surface area contributed by atoms with Crippen molar-refractivity contribution in [2.24, 2.45) is 0 Å². The number of aromatic nitrogens is 2. The Hall–Kier alpha value is -2.95. The van der Waals surface area contributed by atoms with Crippen LogP contribution in [0.15, 0.2) is 60.9 Å². The van der Waals surface area contributed by atoms with E-state index in [1.165, 1.54) is 6.33 Å². The standard InChI is InChI=1S/C18H18N4O/c23-17(20-12-14-6-2-1-3-7-14)10-11-19-18-15-8-4-5-9-16(15)21-13-22-18/h1-9,13H,10-12H2,(H,20,23)(H,19,21,22). The Morgan fingerprint density at radius 1 is 0.957 bits per heavy atom. The first-order valence-corrected chi connectivity index (χ1v) is 7.57. The molecule has 0 bridgehead atoms. The fourth-order valence-corrected chi connectivity index (χ4v) is 2.33. The Morgan fingerprint density at radius 3 is 2.61 bits per heavy atom. The molecular formula is C18H18N4O. The number of nitrogens with one attached hydrogen (secondary N) is 2. The fraction of sp³-hybridized carbons (Fsp3) is 0.167. The van der Waals surface area contributed by atoms with Gasteiger partial charge in [0.25, 0.3) is 0 Å². The van der Waals surface area contributed by atoms with Gasteiger partial charge in [-0.05, 0) is 17.7 Å². The minimum absolute atomic E-state index is 0.0136. The van der Waals surface area contributed by atoms with Gasteiger partial charge in [0, 0.05) is 24.9 Å². The molecule has 1 heterocycles. The van der Waals surface area contributed by atoms with Gasteiger partial charge in [-0.15, -0.1) is 0 Å². The summed E-state index contributed by atoms with van der Waals surface area (Å²) in [5, 5.41) is 7.07. The number of benzene rings is 2. The first-order valence-electron chi connectivity index (χ1n) is 7.57. The number of para-hydroxylation sites is 1. The van der Waals surface area contributed by atoms with E-state index in [4.69, 9.17) is 0 Å². The molecule has 0 aliphatic rings. The average molecular weight is 306 g/mol. The van der Waals surface area contributed by atoms with Crippen LogP contribution in [0.2, 0.25) is 0 Å². The molecule has 3 rings (SSSR count). The highest BCUT2D eigenvalue weighted by molar-refractivity contribution is 5.88. The van der Waals surface area contributed by atoms with Crippen molar-refractivity contribution in [2.45, 2.75) is 13.0 Å². The van der Waals surface area contributed by atoms with Crippen LogP contribution in [0.25, 0.3) is 10.9 Å². The third-order valence-electron chi connectivity index (χ3n) is 3.52. The summed E-state index contributed by atoms with van der Waals surface area (Å²) in [6.07, 6.45) is 1.92. The lowest BCUT2D eigenvalue weighted by Crippen LogP contribution is -2.25. The number of hydrogen-bond acceptors (Lipinski definition) is 4. The number of rotatable bonds is 6. The summed E-state index contributed by atoms with van der Waals surface area (Å²) >= 11 is 0. The van der Waals surface area contributed by atoms with E-state index in [0.29, 0.717) is 19.5 Å². The van der Waals surface area contributed by atoms with Gasteiger partial charge in [0.1, 0.15) is 12.1 Å². The van der Waals surface area contributed by atoms with E-state index < -0.39 is 0 Å². The van der Waals surface area contributed by atoms with E-state index in [9.17, 15) is 4.79 Å². The molecule has 2 aromatic carbocycles. The molecule has 0 unspecified atom stereocenters. The largest absolute Gasteiger partial charge is 0.369 e. The Balaban J connectivity index is 1.50. The molecule has 0 saturated heterocycles. The number of carbonyl (C=O) groups excluding carboxylic acids is 1. The Morgan fingerprint density at radius 2 is 1.74 bits per heavy atom. The van der Waals surface area contributed by atoms with E-state index in [-0.39, 0.29) is 5.91 Å². The van der Waals surface area contributed by atoms with E-state index in [1.807, 2.05) is 54.6 Å². The molecule has 0 aliphatic heterocycles. The highest BCUT2D eigenvalue weighted by Gasteiger charge is 2.04. The van der Waals surface area contributed by atoms with Crippen LogP contribution < -0.4 is 10.6 Å². The molecule has 116 valence electrons. The molecule has 0 atom stereocenters. The summed E-state index contributed by atoms with van der Waals surface area (Å²) in [4.78, 5) is 20.3. The van der Waals surface area contributed by atoms with Gasteiger partial charge in [-0.25, -0.2) is 9.97 Å². The second-order valence-corrected chi connectivity index (χ2v) is 5.18. The van der Waals surface area contributed by atoms with Gasteiger partial charge in [0.2, 0.25) is 5.91 Å². The normalized spacial score (nSPS) is 10.4. The number of amides is 1. The first kappa shape index (κ1) is 15.0. The zero-order valence-corrected chi connectivity index (χ0v) is 12.7. The van der Waals surface area contributed by atoms with E-state index in [0.717, 1.165) is 22.3 Å². The molecular weight excluding hydrogens is 288 g/mol. The molecule has 0 radical (unpaired) electrons. The quantitative estimate of drug-likeness (QED) is 0.735. The summed E-state index contributed by atoms with van der Waals surface area (Å²) in [6, 6.07) is 17.7. The number of anilines is 1. The number of fused-ring (bicyclic) bond motifs is 1. The van der Waals surface area contributed by atoms with Gasteiger partial charge in [-0.3, -0.25) is 4.79 Å². The van der Waals surface area contributed by atoms with Gasteiger partial charge < -0.3 is 10.6 Å². The lowest BCUT2D eigenvalue weighted by atomic mass is 10.2. The third kappa shape index (κ3) is 4.03. The summed E-state index contributed by atoms with van der Waals surface area (Å²) in [5.74, 6) is 0.770. The van der Waals surface area contributed by atoms with Crippen LogP contribution in [0.4, 0.5) is 5.82 Å². The van der Waals surface area contributed by atoms with Crippen LogP contribution in [0.1, 0.15) is 12.0 Å². The predicted molar refractivity (Wildman–Crippen MR) is 90.9 cm³/mol. The van der Waals surface area contributed by atoms with Crippen LogP contribution in [-0.2, 0) is 11.3 Å². The summed E-state index contributed by atoms with van der Waals surface area (Å²) in [7, 11) is 0. The van der Waals surface area contributed by atoms with Crippen LogP contribution in [-0.4, -0.2) is 22.4 Å². The monoisotopic (exact) mass is 306 g/mol. The number of hydrogen-bond donors (Lipinski definition) is 2. The van der Waals surface area contributed by atoms with Gasteiger partial charge in [-0.2, -0.15) is 0 Å². The molecule has 5 heteroatoms. The summed E-state index contributed by atoms with van der Waals surface area (Å²) in [6.45, 7) is 1.08. The SMILES string of the molecule is O=C(CCNc1ncnc2ccccc12)NCc1ccccc1. The maximum Gasteiger partial charge on any atom is 0.222 e. The minimum atomic E-state index is 0.0136. The van der Waals surface area contributed by atoms with Crippen molar-refractivity contribution in [2.75, 3.05) is 11.9 Å². The van der Waals surface area contributed by atoms with Crippen molar-refractivity contribution < 1.29 is 4.79 Å². The highest BCUT2D eigenvalue weighted by Crippen LogP contribution is 2.17. The molecule has 0 saturated carbocycles. The smallest absolute Gasteiger partial charge is 0.222 e.